The molecule has 146 valence electrons. The Balaban J connectivity index is 2.03. The molecule has 1 fully saturated rings. The highest BCUT2D eigenvalue weighted by atomic mass is 16.3. The number of benzene rings is 1. The van der Waals surface area contributed by atoms with E-state index >= 15 is 0 Å². The predicted molar refractivity (Wildman–Crippen MR) is 106 cm³/mol. The van der Waals surface area contributed by atoms with E-state index in [0.717, 1.165) is 11.1 Å². The lowest BCUT2D eigenvalue weighted by Gasteiger charge is -2.30. The molecule has 1 saturated heterocycles. The van der Waals surface area contributed by atoms with E-state index in [9.17, 15) is 20.3 Å². The fourth-order valence-corrected chi connectivity index (χ4v) is 3.64. The molecule has 1 aromatic heterocycles. The minimum atomic E-state index is -1.28. The van der Waals surface area contributed by atoms with E-state index in [-0.39, 0.29) is 12.5 Å². The molecule has 0 saturated carbocycles. The first-order valence-corrected chi connectivity index (χ1v) is 9.10. The fourth-order valence-electron chi connectivity index (χ4n) is 3.64. The molecule has 2 aromatic rings. The number of amides is 1. The van der Waals surface area contributed by atoms with Gasteiger partial charge < -0.3 is 20.0 Å². The molecule has 2 N–H and O–H groups in total. The van der Waals surface area contributed by atoms with E-state index in [2.05, 4.69) is 11.1 Å². The van der Waals surface area contributed by atoms with E-state index < -0.39 is 18.2 Å². The summed E-state index contributed by atoms with van der Waals surface area (Å²) in [6.45, 7) is 5.55. The Morgan fingerprint density at radius 1 is 1.29 bits per heavy atom. The standard InChI is InChI=1S/C21H24N4O3/c1-12-6-5-7-15(8-12)24(4)21(28)18-19(27)17(26)11-25(18)20-16(10-22)13(2)9-14(3)23-20/h5-9,17-19,26-27H,11H2,1-4H3/t17-,18+,19-/m1/s1. The van der Waals surface area contributed by atoms with Crippen LogP contribution in [0.3, 0.4) is 0 Å². The van der Waals surface area contributed by atoms with E-state index in [4.69, 9.17) is 0 Å². The maximum absolute atomic E-state index is 13.3. The van der Waals surface area contributed by atoms with Crippen LogP contribution >= 0.6 is 0 Å². The molecule has 1 aromatic carbocycles. The number of anilines is 2. The zero-order valence-electron chi connectivity index (χ0n) is 16.4. The average Bonchev–Trinajstić information content (AvgIpc) is 2.94. The van der Waals surface area contributed by atoms with Crippen LogP contribution in [0.1, 0.15) is 22.4 Å². The molecule has 7 heteroatoms. The van der Waals surface area contributed by atoms with Gasteiger partial charge in [0.1, 0.15) is 24.0 Å². The summed E-state index contributed by atoms with van der Waals surface area (Å²) in [5.74, 6) is -0.0638. The number of β-amino-alcohol motifs (C(OH)–C–C–N with tert-alkyl or cyclic N) is 1. The lowest BCUT2D eigenvalue weighted by molar-refractivity contribution is -0.122. The largest absolute Gasteiger partial charge is 0.388 e. The Morgan fingerprint density at radius 3 is 2.64 bits per heavy atom. The van der Waals surface area contributed by atoms with Gasteiger partial charge in [-0.05, 0) is 50.1 Å². The van der Waals surface area contributed by atoms with Gasteiger partial charge in [0.05, 0.1) is 11.7 Å². The monoisotopic (exact) mass is 380 g/mol. The Kier molecular flexibility index (Phi) is 5.36. The second-order valence-electron chi connectivity index (χ2n) is 7.28. The van der Waals surface area contributed by atoms with Crippen molar-refractivity contribution in [2.45, 2.75) is 39.0 Å². The van der Waals surface area contributed by atoms with Gasteiger partial charge in [0, 0.05) is 25.0 Å². The molecule has 0 aliphatic carbocycles. The van der Waals surface area contributed by atoms with Crippen molar-refractivity contribution in [3.63, 3.8) is 0 Å². The number of rotatable bonds is 3. The first kappa shape index (κ1) is 19.8. The summed E-state index contributed by atoms with van der Waals surface area (Å²) in [5.41, 5.74) is 3.46. The fraction of sp³-hybridized carbons (Fsp3) is 0.381. The molecule has 0 radical (unpaired) electrons. The third-order valence-electron chi connectivity index (χ3n) is 5.12. The van der Waals surface area contributed by atoms with Crippen molar-refractivity contribution in [2.75, 3.05) is 23.4 Å². The number of aryl methyl sites for hydroxylation is 3. The maximum atomic E-state index is 13.3. The smallest absolute Gasteiger partial charge is 0.252 e. The highest BCUT2D eigenvalue weighted by Gasteiger charge is 2.47. The van der Waals surface area contributed by atoms with E-state index in [0.29, 0.717) is 22.8 Å². The number of nitrogens with zero attached hydrogens (tertiary/aromatic N) is 4. The van der Waals surface area contributed by atoms with E-state index in [1.54, 1.807) is 31.9 Å². The van der Waals surface area contributed by atoms with Gasteiger partial charge in [-0.25, -0.2) is 4.98 Å². The summed E-state index contributed by atoms with van der Waals surface area (Å²) in [6.07, 6.45) is -2.40. The van der Waals surface area contributed by atoms with Crippen molar-refractivity contribution in [1.29, 1.82) is 5.26 Å². The Bertz CT molecular complexity index is 953. The number of likely N-dealkylation sites (N-methyl/N-ethyl adjacent to an activating group) is 1. The number of nitriles is 1. The molecule has 28 heavy (non-hydrogen) atoms. The quantitative estimate of drug-likeness (QED) is 0.836. The predicted octanol–water partition coefficient (Wildman–Crippen LogP) is 1.45. The van der Waals surface area contributed by atoms with Crippen molar-refractivity contribution in [1.82, 2.24) is 4.98 Å². The summed E-state index contributed by atoms with van der Waals surface area (Å²) in [5, 5.41) is 30.4. The van der Waals surface area contributed by atoms with Crippen LogP contribution in [0.15, 0.2) is 30.3 Å². The molecule has 1 aliphatic rings. The number of hydrogen-bond donors (Lipinski definition) is 2. The third-order valence-corrected chi connectivity index (χ3v) is 5.12. The number of pyridine rings is 1. The second kappa shape index (κ2) is 7.58. The zero-order valence-corrected chi connectivity index (χ0v) is 16.4. The Hall–Kier alpha value is -2.95. The van der Waals surface area contributed by atoms with Crippen molar-refractivity contribution >= 4 is 17.4 Å². The minimum absolute atomic E-state index is 0.0177. The van der Waals surface area contributed by atoms with Gasteiger partial charge in [-0.1, -0.05) is 12.1 Å². The van der Waals surface area contributed by atoms with Crippen molar-refractivity contribution < 1.29 is 15.0 Å². The van der Waals surface area contributed by atoms with Gasteiger partial charge in [-0.2, -0.15) is 5.26 Å². The van der Waals surface area contributed by atoms with Crippen LogP contribution in [0, 0.1) is 32.1 Å². The van der Waals surface area contributed by atoms with Crippen molar-refractivity contribution in [2.24, 2.45) is 0 Å². The lowest BCUT2D eigenvalue weighted by Crippen LogP contribution is -2.50. The number of carbonyl (C=O) groups excluding carboxylic acids is 1. The highest BCUT2D eigenvalue weighted by molar-refractivity contribution is 5.99. The van der Waals surface area contributed by atoms with E-state index in [1.165, 1.54) is 4.90 Å². The van der Waals surface area contributed by atoms with Crippen LogP contribution < -0.4 is 9.80 Å². The number of hydrogen-bond acceptors (Lipinski definition) is 6. The first-order chi connectivity index (χ1) is 13.2. The van der Waals surface area contributed by atoms with Crippen LogP contribution in [0.4, 0.5) is 11.5 Å². The van der Waals surface area contributed by atoms with Gasteiger partial charge in [0.25, 0.3) is 5.91 Å². The number of aliphatic hydroxyl groups excluding tert-OH is 2. The van der Waals surface area contributed by atoms with Crippen LogP contribution in [-0.4, -0.2) is 52.9 Å². The molecule has 3 atom stereocenters. The topological polar surface area (TPSA) is 101 Å². The van der Waals surface area contributed by atoms with Crippen molar-refractivity contribution in [3.8, 4) is 6.07 Å². The van der Waals surface area contributed by atoms with Crippen LogP contribution in [0.5, 0.6) is 0 Å². The summed E-state index contributed by atoms with van der Waals surface area (Å²) in [6, 6.07) is 10.3. The molecule has 2 heterocycles. The molecule has 0 bridgehead atoms. The van der Waals surface area contributed by atoms with Crippen molar-refractivity contribution in [3.05, 3.63) is 52.7 Å². The third kappa shape index (κ3) is 3.44. The molecule has 7 nitrogen and oxygen atoms in total. The molecule has 0 unspecified atom stereocenters. The molecular weight excluding hydrogens is 356 g/mol. The van der Waals surface area contributed by atoms with Gasteiger partial charge in [0.15, 0.2) is 0 Å². The second-order valence-corrected chi connectivity index (χ2v) is 7.28. The molecular formula is C21H24N4O3. The normalized spacial score (nSPS) is 21.5. The van der Waals surface area contributed by atoms with Crippen LogP contribution in [0.25, 0.3) is 0 Å². The number of aliphatic hydroxyl groups is 2. The van der Waals surface area contributed by atoms with Gasteiger partial charge in [-0.3, -0.25) is 4.79 Å². The van der Waals surface area contributed by atoms with Gasteiger partial charge in [-0.15, -0.1) is 0 Å². The molecule has 3 rings (SSSR count). The molecule has 0 spiro atoms. The number of aromatic nitrogens is 1. The summed E-state index contributed by atoms with van der Waals surface area (Å²) >= 11 is 0. The highest BCUT2D eigenvalue weighted by Crippen LogP contribution is 2.31. The summed E-state index contributed by atoms with van der Waals surface area (Å²) in [7, 11) is 1.63. The maximum Gasteiger partial charge on any atom is 0.252 e. The SMILES string of the molecule is Cc1cccc(N(C)C(=O)[C@@H]2[C@H](O)[C@H](O)CN2c2nc(C)cc(C)c2C#N)c1. The van der Waals surface area contributed by atoms with E-state index in [1.807, 2.05) is 31.2 Å². The van der Waals surface area contributed by atoms with Gasteiger partial charge in [0.2, 0.25) is 0 Å². The Morgan fingerprint density at radius 2 is 2.00 bits per heavy atom. The number of carbonyl (C=O) groups is 1. The van der Waals surface area contributed by atoms with Gasteiger partial charge >= 0.3 is 0 Å². The summed E-state index contributed by atoms with van der Waals surface area (Å²) < 4.78 is 0. The Labute approximate surface area is 164 Å². The lowest BCUT2D eigenvalue weighted by atomic mass is 10.1. The minimum Gasteiger partial charge on any atom is -0.388 e. The zero-order chi connectivity index (χ0) is 20.6. The molecule has 1 amide bonds. The average molecular weight is 380 g/mol. The molecule has 1 aliphatic heterocycles. The first-order valence-electron chi connectivity index (χ1n) is 9.10. The van der Waals surface area contributed by atoms with Crippen LogP contribution in [-0.2, 0) is 4.79 Å². The van der Waals surface area contributed by atoms with Crippen LogP contribution in [0.2, 0.25) is 0 Å². The summed E-state index contributed by atoms with van der Waals surface area (Å²) in [4.78, 5) is 20.7.